The number of nitrogens with one attached hydrogen (secondary N) is 3. The first-order valence-electron chi connectivity index (χ1n) is 14.9. The van der Waals surface area contributed by atoms with Crippen LogP contribution in [-0.2, 0) is 19.5 Å². The highest BCUT2D eigenvalue weighted by Crippen LogP contribution is 2.37. The summed E-state index contributed by atoms with van der Waals surface area (Å²) in [5.41, 5.74) is 7.90. The molecule has 0 radical (unpaired) electrons. The molecule has 0 unspecified atom stereocenters. The van der Waals surface area contributed by atoms with Crippen LogP contribution in [-0.4, -0.2) is 69.7 Å². The number of aliphatic hydroxyl groups is 2. The van der Waals surface area contributed by atoms with Crippen LogP contribution in [0.4, 0.5) is 11.4 Å². The van der Waals surface area contributed by atoms with Crippen LogP contribution < -0.4 is 16.0 Å². The first-order valence-corrected chi connectivity index (χ1v) is 15.3. The van der Waals surface area contributed by atoms with Gasteiger partial charge in [0, 0.05) is 50.2 Å². The smallest absolute Gasteiger partial charge is 0.274 e. The van der Waals surface area contributed by atoms with E-state index in [9.17, 15) is 14.7 Å². The molecule has 2 aromatic carbocycles. The highest BCUT2D eigenvalue weighted by Gasteiger charge is 2.22. The number of aromatic nitrogens is 2. The Balaban J connectivity index is 1.33. The molecule has 0 spiro atoms. The minimum Gasteiger partial charge on any atom is -0.395 e. The number of fused-ring (bicyclic) bond motifs is 1. The molecular weight excluding hydrogens is 592 g/mol. The molecule has 234 valence electrons. The monoisotopic (exact) mass is 628 g/mol. The van der Waals surface area contributed by atoms with Crippen molar-refractivity contribution in [2.45, 2.75) is 33.4 Å². The highest BCUT2D eigenvalue weighted by molar-refractivity contribution is 6.36. The van der Waals surface area contributed by atoms with Gasteiger partial charge in [-0.3, -0.25) is 19.5 Å². The molecule has 0 saturated heterocycles. The van der Waals surface area contributed by atoms with Crippen molar-refractivity contribution in [1.29, 1.82) is 0 Å². The van der Waals surface area contributed by atoms with Gasteiger partial charge in [-0.1, -0.05) is 41.9 Å². The molecule has 3 heterocycles. The largest absolute Gasteiger partial charge is 0.395 e. The lowest BCUT2D eigenvalue weighted by Gasteiger charge is -2.28. The van der Waals surface area contributed by atoms with Crippen molar-refractivity contribution in [1.82, 2.24) is 20.2 Å². The van der Waals surface area contributed by atoms with E-state index in [1.54, 1.807) is 24.4 Å². The summed E-state index contributed by atoms with van der Waals surface area (Å²) in [6, 6.07) is 16.3. The number of β-amino-alcohol motifs (C(OH)–C–C–N with tert-alkyl or cyclic N) is 1. The average molecular weight is 629 g/mol. The minimum absolute atomic E-state index is 0.0508. The normalized spacial score (nSPS) is 12.9. The Hall–Kier alpha value is -4.19. The van der Waals surface area contributed by atoms with Gasteiger partial charge in [0.25, 0.3) is 11.8 Å². The number of hydrogen-bond donors (Lipinski definition) is 5. The molecule has 2 amide bonds. The lowest BCUT2D eigenvalue weighted by Crippen LogP contribution is -2.34. The van der Waals surface area contributed by atoms with Crippen LogP contribution in [0, 0.1) is 13.8 Å². The zero-order valence-electron chi connectivity index (χ0n) is 25.4. The van der Waals surface area contributed by atoms with Crippen LogP contribution in [0.15, 0.2) is 60.8 Å². The predicted octanol–water partition coefficient (Wildman–Crippen LogP) is 4.35. The maximum Gasteiger partial charge on any atom is 0.274 e. The number of nitrogens with zero attached hydrogens (tertiary/aromatic N) is 3. The SMILES string of the molecule is Cc1cc(C(=O)Nc2cccc(-c3cccc(NC(=O)c4ccc(CNCCO)cn4)c3C)c2Cl)nc2c1CCN(CCO)C2. The van der Waals surface area contributed by atoms with Crippen LogP contribution in [0.5, 0.6) is 0 Å². The second-order valence-electron chi connectivity index (χ2n) is 11.0. The summed E-state index contributed by atoms with van der Waals surface area (Å²) >= 11 is 6.88. The summed E-state index contributed by atoms with van der Waals surface area (Å²) in [6.07, 6.45) is 2.46. The van der Waals surface area contributed by atoms with Gasteiger partial charge < -0.3 is 26.2 Å². The first-order chi connectivity index (χ1) is 21.8. The summed E-state index contributed by atoms with van der Waals surface area (Å²) in [6.45, 7) is 7.05. The molecule has 4 aromatic rings. The fraction of sp³-hybridized carbons (Fsp3) is 0.294. The number of halogens is 1. The van der Waals surface area contributed by atoms with Gasteiger partial charge in [-0.15, -0.1) is 0 Å². The second-order valence-corrected chi connectivity index (χ2v) is 11.4. The maximum atomic E-state index is 13.4. The average Bonchev–Trinajstić information content (AvgIpc) is 3.03. The third-order valence-electron chi connectivity index (χ3n) is 7.93. The van der Waals surface area contributed by atoms with Crippen LogP contribution in [0.2, 0.25) is 5.02 Å². The Morgan fingerprint density at radius 2 is 1.67 bits per heavy atom. The van der Waals surface area contributed by atoms with Crippen molar-refractivity contribution < 1.29 is 19.8 Å². The van der Waals surface area contributed by atoms with Crippen molar-refractivity contribution in [2.24, 2.45) is 0 Å². The van der Waals surface area contributed by atoms with Gasteiger partial charge in [0.1, 0.15) is 11.4 Å². The molecular formula is C34H37ClN6O4. The van der Waals surface area contributed by atoms with E-state index in [-0.39, 0.29) is 30.7 Å². The van der Waals surface area contributed by atoms with Crippen LogP contribution in [0.25, 0.3) is 11.1 Å². The van der Waals surface area contributed by atoms with E-state index >= 15 is 0 Å². The number of carbonyl (C=O) groups is 2. The second kappa shape index (κ2) is 14.7. The number of amides is 2. The van der Waals surface area contributed by atoms with Crippen molar-refractivity contribution >= 4 is 34.8 Å². The number of pyridine rings is 2. The van der Waals surface area contributed by atoms with Gasteiger partial charge in [-0.05, 0) is 72.4 Å². The Kier molecular flexibility index (Phi) is 10.5. The number of hydrogen-bond acceptors (Lipinski definition) is 8. The fourth-order valence-electron chi connectivity index (χ4n) is 5.49. The van der Waals surface area contributed by atoms with Crippen LogP contribution in [0.3, 0.4) is 0 Å². The molecule has 5 N–H and O–H groups in total. The van der Waals surface area contributed by atoms with E-state index in [4.69, 9.17) is 16.7 Å². The minimum atomic E-state index is -0.361. The number of benzene rings is 2. The molecule has 2 aromatic heterocycles. The molecule has 0 aliphatic carbocycles. The zero-order valence-corrected chi connectivity index (χ0v) is 26.1. The van der Waals surface area contributed by atoms with Gasteiger partial charge >= 0.3 is 0 Å². The molecule has 0 saturated carbocycles. The van der Waals surface area contributed by atoms with E-state index < -0.39 is 0 Å². The molecule has 0 bridgehead atoms. The third kappa shape index (κ3) is 7.55. The number of carbonyl (C=O) groups excluding carboxylic acids is 2. The van der Waals surface area contributed by atoms with E-state index in [2.05, 4.69) is 30.8 Å². The van der Waals surface area contributed by atoms with Crippen LogP contribution >= 0.6 is 11.6 Å². The lowest BCUT2D eigenvalue weighted by atomic mass is 9.98. The number of anilines is 2. The summed E-state index contributed by atoms with van der Waals surface area (Å²) in [7, 11) is 0. The van der Waals surface area contributed by atoms with Gasteiger partial charge in [-0.2, -0.15) is 0 Å². The van der Waals surface area contributed by atoms with Crippen molar-refractivity contribution in [3.63, 3.8) is 0 Å². The fourth-order valence-corrected chi connectivity index (χ4v) is 5.77. The molecule has 45 heavy (non-hydrogen) atoms. The first kappa shape index (κ1) is 32.2. The molecule has 11 heteroatoms. The van der Waals surface area contributed by atoms with Gasteiger partial charge in [0.2, 0.25) is 0 Å². The Morgan fingerprint density at radius 3 is 2.40 bits per heavy atom. The molecule has 0 fully saturated rings. The molecule has 1 aliphatic heterocycles. The number of rotatable bonds is 11. The third-order valence-corrected chi connectivity index (χ3v) is 8.33. The van der Waals surface area contributed by atoms with Crippen molar-refractivity contribution in [3.8, 4) is 11.1 Å². The topological polar surface area (TPSA) is 140 Å². The molecule has 0 atom stereocenters. The predicted molar refractivity (Wildman–Crippen MR) is 176 cm³/mol. The molecule has 10 nitrogen and oxygen atoms in total. The van der Waals surface area contributed by atoms with E-state index in [0.29, 0.717) is 53.8 Å². The highest BCUT2D eigenvalue weighted by atomic mass is 35.5. The van der Waals surface area contributed by atoms with E-state index in [1.165, 1.54) is 0 Å². The van der Waals surface area contributed by atoms with Crippen molar-refractivity contribution in [3.05, 3.63) is 105 Å². The maximum absolute atomic E-state index is 13.4. The standard InChI is InChI=1S/C34H37ClN6O4/c1-21-17-30(38-31-20-41(14-16-43)13-11-24(21)31)34(45)40-28-8-4-6-26(32(28)35)25-5-3-7-27(22(25)2)39-33(44)29-10-9-23(19-37-29)18-36-12-15-42/h3-10,17,19,36,42-43H,11-16,18,20H2,1-2H3,(H,39,44)(H,40,45). The van der Waals surface area contributed by atoms with Gasteiger partial charge in [-0.25, -0.2) is 4.98 Å². The van der Waals surface area contributed by atoms with E-state index in [0.717, 1.165) is 46.5 Å². The lowest BCUT2D eigenvalue weighted by molar-refractivity contribution is 0.101. The molecule has 1 aliphatic rings. The number of aryl methyl sites for hydroxylation is 1. The van der Waals surface area contributed by atoms with E-state index in [1.807, 2.05) is 50.2 Å². The Morgan fingerprint density at radius 1 is 0.933 bits per heavy atom. The summed E-state index contributed by atoms with van der Waals surface area (Å²) in [4.78, 5) is 37.5. The zero-order chi connectivity index (χ0) is 31.9. The Bertz CT molecular complexity index is 1700. The summed E-state index contributed by atoms with van der Waals surface area (Å²) in [5.74, 6) is -0.704. The van der Waals surface area contributed by atoms with Gasteiger partial charge in [0.15, 0.2) is 0 Å². The molecule has 5 rings (SSSR count). The number of aliphatic hydroxyl groups excluding tert-OH is 2. The summed E-state index contributed by atoms with van der Waals surface area (Å²) in [5, 5.41) is 27.6. The quantitative estimate of drug-likeness (QED) is 0.155. The Labute approximate surface area is 267 Å². The summed E-state index contributed by atoms with van der Waals surface area (Å²) < 4.78 is 0. The van der Waals surface area contributed by atoms with Gasteiger partial charge in [0.05, 0.1) is 29.6 Å². The van der Waals surface area contributed by atoms with Crippen molar-refractivity contribution in [2.75, 3.05) is 43.5 Å². The van der Waals surface area contributed by atoms with Crippen LogP contribution in [0.1, 0.15) is 48.9 Å².